The molecule has 0 saturated carbocycles. The van der Waals surface area contributed by atoms with Crippen molar-refractivity contribution in [2.45, 2.75) is 64.4 Å². The molecule has 27 heavy (non-hydrogen) atoms. The first kappa shape index (κ1) is 21.4. The van der Waals surface area contributed by atoms with Crippen LogP contribution in [0.5, 0.6) is 0 Å². The Morgan fingerprint density at radius 3 is 2.74 bits per heavy atom. The van der Waals surface area contributed by atoms with Crippen molar-refractivity contribution in [3.8, 4) is 0 Å². The van der Waals surface area contributed by atoms with Crippen molar-refractivity contribution < 1.29 is 9.53 Å². The number of aromatic nitrogens is 2. The van der Waals surface area contributed by atoms with E-state index in [1.165, 1.54) is 11.8 Å². The van der Waals surface area contributed by atoms with Crippen molar-refractivity contribution in [3.05, 3.63) is 34.6 Å². The molecule has 1 aromatic carbocycles. The highest BCUT2D eigenvalue weighted by atomic mass is 32.2. The smallest absolute Gasteiger partial charge is 0.262 e. The fourth-order valence-electron chi connectivity index (χ4n) is 2.55. The predicted molar refractivity (Wildman–Crippen MR) is 110 cm³/mol. The number of para-hydroxylation sites is 1. The Balaban J connectivity index is 2.19. The maximum Gasteiger partial charge on any atom is 0.262 e. The molecule has 1 heterocycles. The molecular formula is C20H29N3O3S. The Morgan fingerprint density at radius 1 is 1.30 bits per heavy atom. The molecule has 6 nitrogen and oxygen atoms in total. The highest BCUT2D eigenvalue weighted by Crippen LogP contribution is 2.18. The molecule has 0 fully saturated rings. The minimum atomic E-state index is -0.0741. The van der Waals surface area contributed by atoms with Gasteiger partial charge in [-0.3, -0.25) is 14.2 Å². The highest BCUT2D eigenvalue weighted by molar-refractivity contribution is 7.99. The van der Waals surface area contributed by atoms with Gasteiger partial charge >= 0.3 is 0 Å². The number of hydrogen-bond acceptors (Lipinski definition) is 5. The molecule has 1 N–H and O–H groups in total. The van der Waals surface area contributed by atoms with Crippen molar-refractivity contribution in [1.29, 1.82) is 0 Å². The number of thioether (sulfide) groups is 1. The lowest BCUT2D eigenvalue weighted by atomic mass is 10.2. The predicted octanol–water partition coefficient (Wildman–Crippen LogP) is 3.22. The summed E-state index contributed by atoms with van der Waals surface area (Å²) in [6.07, 6.45) is 1.75. The van der Waals surface area contributed by atoms with E-state index in [2.05, 4.69) is 10.3 Å². The molecule has 0 unspecified atom stereocenters. The molecule has 0 bridgehead atoms. The third-order valence-electron chi connectivity index (χ3n) is 4.16. The molecule has 1 aromatic heterocycles. The van der Waals surface area contributed by atoms with Crippen molar-refractivity contribution in [1.82, 2.24) is 14.9 Å². The largest absolute Gasteiger partial charge is 0.379 e. The number of hydrogen-bond donors (Lipinski definition) is 1. The number of rotatable bonds is 10. The van der Waals surface area contributed by atoms with E-state index in [1.54, 1.807) is 10.6 Å². The van der Waals surface area contributed by atoms with E-state index in [1.807, 2.05) is 45.9 Å². The van der Waals surface area contributed by atoms with E-state index in [9.17, 15) is 9.59 Å². The molecule has 0 saturated heterocycles. The quantitative estimate of drug-likeness (QED) is 0.382. The molecule has 2 rings (SSSR count). The van der Waals surface area contributed by atoms with E-state index >= 15 is 0 Å². The summed E-state index contributed by atoms with van der Waals surface area (Å²) < 4.78 is 7.24. The van der Waals surface area contributed by atoms with Crippen LogP contribution in [0.3, 0.4) is 0 Å². The highest BCUT2D eigenvalue weighted by Gasteiger charge is 2.14. The number of benzene rings is 1. The first-order valence-corrected chi connectivity index (χ1v) is 10.4. The van der Waals surface area contributed by atoms with Gasteiger partial charge in [-0.2, -0.15) is 0 Å². The lowest BCUT2D eigenvalue weighted by Gasteiger charge is -2.15. The lowest BCUT2D eigenvalue weighted by molar-refractivity contribution is -0.119. The van der Waals surface area contributed by atoms with Gasteiger partial charge in [0, 0.05) is 19.2 Å². The lowest BCUT2D eigenvalue weighted by Crippen LogP contribution is -2.33. The SMILES string of the molecule is CC[C@H](C)NC(=O)CSc1nc2ccccc2c(=O)n1CCCOC(C)C. The molecule has 2 aromatic rings. The molecule has 0 spiro atoms. The van der Waals surface area contributed by atoms with Gasteiger partial charge < -0.3 is 10.1 Å². The number of nitrogens with zero attached hydrogens (tertiary/aromatic N) is 2. The van der Waals surface area contributed by atoms with Crippen LogP contribution >= 0.6 is 11.8 Å². The van der Waals surface area contributed by atoms with Crippen molar-refractivity contribution in [2.24, 2.45) is 0 Å². The van der Waals surface area contributed by atoms with Crippen LogP contribution in [-0.4, -0.2) is 40.0 Å². The number of carbonyl (C=O) groups excluding carboxylic acids is 1. The summed E-state index contributed by atoms with van der Waals surface area (Å²) in [5, 5.41) is 4.11. The van der Waals surface area contributed by atoms with E-state index < -0.39 is 0 Å². The summed E-state index contributed by atoms with van der Waals surface area (Å²) in [5.74, 6) is 0.184. The molecule has 1 atom stereocenters. The normalized spacial score (nSPS) is 12.5. The fraction of sp³-hybridized carbons (Fsp3) is 0.550. The van der Waals surface area contributed by atoms with Crippen LogP contribution in [0.2, 0.25) is 0 Å². The van der Waals surface area contributed by atoms with Gasteiger partial charge in [0.2, 0.25) is 5.91 Å². The van der Waals surface area contributed by atoms with Gasteiger partial charge in [0.05, 0.1) is 22.8 Å². The van der Waals surface area contributed by atoms with Gasteiger partial charge in [-0.1, -0.05) is 30.8 Å². The summed E-state index contributed by atoms with van der Waals surface area (Å²) >= 11 is 1.30. The van der Waals surface area contributed by atoms with Gasteiger partial charge in [-0.05, 0) is 45.7 Å². The third-order valence-corrected chi connectivity index (χ3v) is 5.13. The van der Waals surface area contributed by atoms with Gasteiger partial charge in [-0.15, -0.1) is 0 Å². The monoisotopic (exact) mass is 391 g/mol. The fourth-order valence-corrected chi connectivity index (χ4v) is 3.38. The maximum atomic E-state index is 12.9. The van der Waals surface area contributed by atoms with Crippen LogP contribution in [0.1, 0.15) is 40.5 Å². The number of amides is 1. The van der Waals surface area contributed by atoms with Gasteiger partial charge in [0.25, 0.3) is 5.56 Å². The van der Waals surface area contributed by atoms with E-state index in [-0.39, 0.29) is 29.4 Å². The number of ether oxygens (including phenoxy) is 1. The van der Waals surface area contributed by atoms with Crippen LogP contribution in [0, 0.1) is 0 Å². The number of nitrogens with one attached hydrogen (secondary N) is 1. The van der Waals surface area contributed by atoms with Crippen molar-refractivity contribution in [3.63, 3.8) is 0 Å². The molecule has 0 radical (unpaired) electrons. The van der Waals surface area contributed by atoms with Gasteiger partial charge in [-0.25, -0.2) is 4.98 Å². The van der Waals surface area contributed by atoms with E-state index in [0.717, 1.165) is 6.42 Å². The second-order valence-electron chi connectivity index (χ2n) is 6.81. The van der Waals surface area contributed by atoms with Crippen LogP contribution < -0.4 is 10.9 Å². The average Bonchev–Trinajstić information content (AvgIpc) is 2.64. The Labute approximate surface area is 164 Å². The number of fused-ring (bicyclic) bond motifs is 1. The topological polar surface area (TPSA) is 73.2 Å². The maximum absolute atomic E-state index is 12.9. The van der Waals surface area contributed by atoms with Crippen LogP contribution in [-0.2, 0) is 16.1 Å². The molecule has 0 aliphatic heterocycles. The zero-order valence-electron chi connectivity index (χ0n) is 16.5. The molecule has 148 valence electrons. The van der Waals surface area contributed by atoms with Crippen LogP contribution in [0.4, 0.5) is 0 Å². The van der Waals surface area contributed by atoms with Crippen molar-refractivity contribution in [2.75, 3.05) is 12.4 Å². The Hall–Kier alpha value is -1.86. The average molecular weight is 392 g/mol. The summed E-state index contributed by atoms with van der Waals surface area (Å²) in [6, 6.07) is 7.45. The summed E-state index contributed by atoms with van der Waals surface area (Å²) in [4.78, 5) is 29.7. The minimum Gasteiger partial charge on any atom is -0.379 e. The van der Waals surface area contributed by atoms with E-state index in [0.29, 0.717) is 35.6 Å². The summed E-state index contributed by atoms with van der Waals surface area (Å²) in [7, 11) is 0. The zero-order chi connectivity index (χ0) is 19.8. The van der Waals surface area contributed by atoms with Crippen molar-refractivity contribution >= 4 is 28.6 Å². The molecule has 0 aliphatic carbocycles. The van der Waals surface area contributed by atoms with Crippen LogP contribution in [0.15, 0.2) is 34.2 Å². The Bertz CT molecular complexity index is 820. The molecule has 0 aliphatic rings. The first-order valence-electron chi connectivity index (χ1n) is 9.45. The summed E-state index contributed by atoms with van der Waals surface area (Å²) in [6.45, 7) is 9.07. The Kier molecular flexibility index (Phi) is 8.31. The Morgan fingerprint density at radius 2 is 2.04 bits per heavy atom. The zero-order valence-corrected chi connectivity index (χ0v) is 17.3. The third kappa shape index (κ3) is 6.36. The minimum absolute atomic E-state index is 0.0496. The molecule has 1 amide bonds. The molecular weight excluding hydrogens is 362 g/mol. The second kappa shape index (κ2) is 10.5. The number of carbonyl (C=O) groups is 1. The van der Waals surface area contributed by atoms with Gasteiger partial charge in [0.15, 0.2) is 5.16 Å². The molecule has 7 heteroatoms. The van der Waals surface area contributed by atoms with E-state index in [4.69, 9.17) is 4.74 Å². The van der Waals surface area contributed by atoms with Crippen LogP contribution in [0.25, 0.3) is 10.9 Å². The second-order valence-corrected chi connectivity index (χ2v) is 7.75. The first-order chi connectivity index (χ1) is 12.9. The summed E-state index contributed by atoms with van der Waals surface area (Å²) in [5.41, 5.74) is 0.581. The standard InChI is InChI=1S/C20H29N3O3S/c1-5-15(4)21-18(24)13-27-20-22-17-10-7-6-9-16(17)19(25)23(20)11-8-12-26-14(2)3/h6-7,9-10,14-15H,5,8,11-13H2,1-4H3,(H,21,24)/t15-/m0/s1. The van der Waals surface area contributed by atoms with Gasteiger partial charge in [0.1, 0.15) is 0 Å².